The molecule has 0 saturated carbocycles. The summed E-state index contributed by atoms with van der Waals surface area (Å²) >= 11 is 0. The van der Waals surface area contributed by atoms with Crippen molar-refractivity contribution in [2.45, 2.75) is 25.4 Å². The molecule has 3 aromatic rings. The predicted molar refractivity (Wildman–Crippen MR) is 163 cm³/mol. The smallest absolute Gasteiger partial charge is 0.488 e. The quantitative estimate of drug-likeness (QED) is 0.0892. The van der Waals surface area contributed by atoms with Gasteiger partial charge in [-0.1, -0.05) is 54.6 Å². The number of benzene rings is 3. The van der Waals surface area contributed by atoms with Crippen LogP contribution in [0.4, 0.5) is 10.1 Å². The number of phenolic OH excluding ortho intramolecular Hbond substituents is 1. The Morgan fingerprint density at radius 2 is 1.75 bits per heavy atom. The van der Waals surface area contributed by atoms with E-state index in [1.807, 2.05) is 30.3 Å². The molecule has 0 radical (unpaired) electrons. The molecule has 6 N–H and O–H groups in total. The summed E-state index contributed by atoms with van der Waals surface area (Å²) in [6.45, 7) is -1.03. The molecule has 0 aromatic heterocycles. The van der Waals surface area contributed by atoms with Gasteiger partial charge in [-0.2, -0.15) is 0 Å². The highest BCUT2D eigenvalue weighted by Crippen LogP contribution is 2.47. The number of aliphatic hydroxyl groups excluding tert-OH is 3. The van der Waals surface area contributed by atoms with Crippen molar-refractivity contribution >= 4 is 41.7 Å². The van der Waals surface area contributed by atoms with E-state index in [2.05, 4.69) is 0 Å². The Morgan fingerprint density at radius 1 is 1.00 bits per heavy atom. The van der Waals surface area contributed by atoms with E-state index in [0.717, 1.165) is 16.0 Å². The molecule has 2 aliphatic rings. The fraction of sp³-hybridized carbons (Fsp3) is 0.273. The zero-order chi connectivity index (χ0) is 31.5. The van der Waals surface area contributed by atoms with Gasteiger partial charge in [-0.05, 0) is 76.8 Å². The van der Waals surface area contributed by atoms with E-state index in [0.29, 0.717) is 23.1 Å². The van der Waals surface area contributed by atoms with Gasteiger partial charge in [0.2, 0.25) is 11.8 Å². The molecule has 5 rings (SSSR count). The highest BCUT2D eigenvalue weighted by molar-refractivity contribution is 6.58. The standard InChI is InChI=1S/C33H33BFNO8/c35-27-14-19(9-11-28(27)39)13-21(20-5-2-1-3-6-20)10-12-29(40)30-22(17-37)15-25-31(26(30)18-38)33(42)36(32(25)41)24-8-4-7-23(16-24)34(43)44/h1-9,11,13-14,16,25-26,29,31,37-40,43-44H,10,12,15,17-18H2/b21-13-/t25-,26+,29-,31-/m1/s1. The number of imide groups is 1. The fourth-order valence-electron chi connectivity index (χ4n) is 6.40. The summed E-state index contributed by atoms with van der Waals surface area (Å²) in [4.78, 5) is 28.2. The van der Waals surface area contributed by atoms with Crippen molar-refractivity contribution in [3.63, 3.8) is 0 Å². The summed E-state index contributed by atoms with van der Waals surface area (Å²) < 4.78 is 14.1. The maximum Gasteiger partial charge on any atom is 0.488 e. The van der Waals surface area contributed by atoms with Crippen LogP contribution in [-0.4, -0.2) is 68.7 Å². The zero-order valence-corrected chi connectivity index (χ0v) is 23.8. The molecule has 4 atom stereocenters. The molecule has 0 unspecified atom stereocenters. The van der Waals surface area contributed by atoms with E-state index < -0.39 is 67.6 Å². The molecule has 0 spiro atoms. The average molecular weight is 601 g/mol. The minimum absolute atomic E-state index is 0.0155. The number of phenols is 1. The van der Waals surface area contributed by atoms with Crippen LogP contribution in [-0.2, 0) is 9.59 Å². The van der Waals surface area contributed by atoms with E-state index in [9.17, 15) is 44.5 Å². The number of amides is 2. The van der Waals surface area contributed by atoms with Gasteiger partial charge in [-0.15, -0.1) is 0 Å². The minimum Gasteiger partial charge on any atom is -0.505 e. The summed E-state index contributed by atoms with van der Waals surface area (Å²) in [5.41, 5.74) is 3.05. The number of fused-ring (bicyclic) bond motifs is 1. The van der Waals surface area contributed by atoms with Crippen molar-refractivity contribution in [3.8, 4) is 5.75 Å². The van der Waals surface area contributed by atoms with Gasteiger partial charge in [0.1, 0.15) is 0 Å². The van der Waals surface area contributed by atoms with Crippen molar-refractivity contribution in [2.24, 2.45) is 17.8 Å². The van der Waals surface area contributed by atoms with Crippen molar-refractivity contribution in [2.75, 3.05) is 18.1 Å². The van der Waals surface area contributed by atoms with E-state index in [1.54, 1.807) is 12.1 Å². The van der Waals surface area contributed by atoms with Gasteiger partial charge in [-0.3, -0.25) is 14.5 Å². The number of rotatable bonds is 10. The highest BCUT2D eigenvalue weighted by Gasteiger charge is 2.55. The third-order valence-electron chi connectivity index (χ3n) is 8.50. The first-order valence-electron chi connectivity index (χ1n) is 14.3. The second-order valence-corrected chi connectivity index (χ2v) is 11.1. The minimum atomic E-state index is -1.80. The second kappa shape index (κ2) is 13.3. The first-order valence-corrected chi connectivity index (χ1v) is 14.3. The number of anilines is 1. The number of allylic oxidation sites excluding steroid dienone is 1. The number of hydrogen-bond acceptors (Lipinski definition) is 8. The Bertz CT molecular complexity index is 1610. The SMILES string of the molecule is O=C1[C@@H]2[C@@H](CC(CO)=C([C@H](O)CC/C(=C/c3ccc(O)c(F)c3)c3ccccc3)[C@@H]2CO)C(=O)N1c1cccc(B(O)O)c1. The molecular weight excluding hydrogens is 568 g/mol. The number of aromatic hydroxyl groups is 1. The van der Waals surface area contributed by atoms with Crippen LogP contribution in [0.15, 0.2) is 83.9 Å². The summed E-state index contributed by atoms with van der Waals surface area (Å²) in [6, 6.07) is 19.1. The van der Waals surface area contributed by atoms with Crippen LogP contribution in [0.3, 0.4) is 0 Å². The van der Waals surface area contributed by atoms with Gasteiger partial charge in [0.05, 0.1) is 36.8 Å². The van der Waals surface area contributed by atoms with Gasteiger partial charge in [0.25, 0.3) is 0 Å². The van der Waals surface area contributed by atoms with E-state index in [1.165, 1.54) is 36.4 Å². The van der Waals surface area contributed by atoms with Gasteiger partial charge < -0.3 is 30.5 Å². The van der Waals surface area contributed by atoms with Crippen LogP contribution in [0.2, 0.25) is 0 Å². The lowest BCUT2D eigenvalue weighted by molar-refractivity contribution is -0.123. The molecule has 44 heavy (non-hydrogen) atoms. The Morgan fingerprint density at radius 3 is 2.41 bits per heavy atom. The third-order valence-corrected chi connectivity index (χ3v) is 8.50. The number of aliphatic hydroxyl groups is 3. The normalized spacial score (nSPS) is 21.1. The maximum atomic E-state index is 14.1. The summed E-state index contributed by atoms with van der Waals surface area (Å²) in [6.07, 6.45) is 1.03. The van der Waals surface area contributed by atoms with Crippen LogP contribution < -0.4 is 10.4 Å². The molecule has 1 fully saturated rings. The number of halogens is 1. The largest absolute Gasteiger partial charge is 0.505 e. The lowest BCUT2D eigenvalue weighted by Gasteiger charge is -2.36. The molecule has 11 heteroatoms. The summed E-state index contributed by atoms with van der Waals surface area (Å²) in [7, 11) is -1.80. The van der Waals surface area contributed by atoms with Gasteiger partial charge in [-0.25, -0.2) is 4.39 Å². The van der Waals surface area contributed by atoms with Crippen molar-refractivity contribution < 1.29 is 44.5 Å². The van der Waals surface area contributed by atoms with Gasteiger partial charge in [0, 0.05) is 5.92 Å². The third kappa shape index (κ3) is 6.10. The molecule has 2 amide bonds. The molecule has 1 heterocycles. The molecule has 1 aliphatic carbocycles. The Balaban J connectivity index is 1.43. The number of nitrogens with zero attached hydrogens (tertiary/aromatic N) is 1. The Labute approximate surface area is 254 Å². The van der Waals surface area contributed by atoms with Gasteiger partial charge in [0.15, 0.2) is 11.6 Å². The first kappa shape index (κ1) is 31.3. The molecule has 1 saturated heterocycles. The Kier molecular flexibility index (Phi) is 9.43. The van der Waals surface area contributed by atoms with E-state index in [-0.39, 0.29) is 24.0 Å². The number of hydrogen-bond donors (Lipinski definition) is 6. The highest BCUT2D eigenvalue weighted by atomic mass is 19.1. The lowest BCUT2D eigenvalue weighted by Crippen LogP contribution is -2.39. The van der Waals surface area contributed by atoms with E-state index in [4.69, 9.17) is 0 Å². The number of carbonyl (C=O) groups excluding carboxylic acids is 2. The first-order chi connectivity index (χ1) is 21.1. The maximum absolute atomic E-state index is 14.1. The molecule has 228 valence electrons. The topological polar surface area (TPSA) is 159 Å². The fourth-order valence-corrected chi connectivity index (χ4v) is 6.40. The zero-order valence-electron chi connectivity index (χ0n) is 23.8. The molecule has 9 nitrogen and oxygen atoms in total. The molecule has 0 bridgehead atoms. The van der Waals surface area contributed by atoms with Crippen LogP contribution >= 0.6 is 0 Å². The lowest BCUT2D eigenvalue weighted by atomic mass is 9.68. The summed E-state index contributed by atoms with van der Waals surface area (Å²) in [5, 5.41) is 61.0. The Hall–Kier alpha value is -4.13. The number of carbonyl (C=O) groups is 2. The average Bonchev–Trinajstić information content (AvgIpc) is 3.28. The van der Waals surface area contributed by atoms with Crippen molar-refractivity contribution in [3.05, 3.63) is 101 Å². The van der Waals surface area contributed by atoms with Crippen LogP contribution in [0.1, 0.15) is 30.4 Å². The molecule has 3 aromatic carbocycles. The van der Waals surface area contributed by atoms with Crippen molar-refractivity contribution in [1.29, 1.82) is 0 Å². The van der Waals surface area contributed by atoms with Crippen LogP contribution in [0.25, 0.3) is 11.6 Å². The van der Waals surface area contributed by atoms with Crippen molar-refractivity contribution in [1.82, 2.24) is 0 Å². The van der Waals surface area contributed by atoms with E-state index >= 15 is 0 Å². The molecular formula is C33H33BFNO8. The molecule has 1 aliphatic heterocycles. The predicted octanol–water partition coefficient (Wildman–Crippen LogP) is 2.00. The summed E-state index contributed by atoms with van der Waals surface area (Å²) in [5.74, 6) is -5.14. The van der Waals surface area contributed by atoms with Gasteiger partial charge >= 0.3 is 7.12 Å². The van der Waals surface area contributed by atoms with Crippen LogP contribution in [0, 0.1) is 23.6 Å². The van der Waals surface area contributed by atoms with Crippen LogP contribution in [0.5, 0.6) is 5.75 Å². The monoisotopic (exact) mass is 601 g/mol. The second-order valence-electron chi connectivity index (χ2n) is 11.1.